The predicted octanol–water partition coefficient (Wildman–Crippen LogP) is 3.35. The molecule has 1 aliphatic heterocycles. The number of aromatic nitrogens is 1. The van der Waals surface area contributed by atoms with E-state index >= 15 is 0 Å². The van der Waals surface area contributed by atoms with Crippen LogP contribution in [0.15, 0.2) is 42.5 Å². The molecule has 166 valence electrons. The molecular weight excluding hydrogens is 432 g/mol. The van der Waals surface area contributed by atoms with E-state index in [4.69, 9.17) is 9.72 Å². The van der Waals surface area contributed by atoms with E-state index in [0.29, 0.717) is 19.0 Å². The number of rotatable bonds is 6. The van der Waals surface area contributed by atoms with Crippen molar-refractivity contribution < 1.29 is 19.2 Å². The molecule has 0 aliphatic carbocycles. The highest BCUT2D eigenvalue weighted by atomic mass is 32.1. The molecule has 10 heteroatoms. The minimum Gasteiger partial charge on any atom is -0.490 e. The maximum absolute atomic E-state index is 12.6. The minimum atomic E-state index is -0.615. The van der Waals surface area contributed by atoms with Gasteiger partial charge >= 0.3 is 5.69 Å². The second kappa shape index (κ2) is 9.31. The summed E-state index contributed by atoms with van der Waals surface area (Å²) in [6.45, 7) is 1.04. The number of fused-ring (bicyclic) bond motifs is 1. The molecule has 2 aromatic carbocycles. The summed E-state index contributed by atoms with van der Waals surface area (Å²) in [6, 6.07) is 12.0. The molecule has 0 bridgehead atoms. The second-order valence-corrected chi connectivity index (χ2v) is 8.56. The summed E-state index contributed by atoms with van der Waals surface area (Å²) in [5.74, 6) is -0.331. The number of para-hydroxylation sites is 1. The second-order valence-electron chi connectivity index (χ2n) is 7.50. The number of nitro benzene ring substituents is 1. The highest BCUT2D eigenvalue weighted by Crippen LogP contribution is 2.33. The smallest absolute Gasteiger partial charge is 0.311 e. The number of nitro groups is 1. The summed E-state index contributed by atoms with van der Waals surface area (Å²) in [6.07, 6.45) is 1.65. The number of hydrogen-bond acceptors (Lipinski definition) is 7. The third kappa shape index (κ3) is 4.54. The van der Waals surface area contributed by atoms with Gasteiger partial charge in [-0.3, -0.25) is 19.7 Å². The van der Waals surface area contributed by atoms with Gasteiger partial charge in [-0.1, -0.05) is 12.1 Å². The number of nitrogens with zero attached hydrogens (tertiary/aromatic N) is 3. The van der Waals surface area contributed by atoms with Crippen LogP contribution in [0, 0.1) is 10.1 Å². The van der Waals surface area contributed by atoms with Gasteiger partial charge in [0.25, 0.3) is 5.91 Å². The Bertz CT molecular complexity index is 1140. The van der Waals surface area contributed by atoms with Crippen LogP contribution in [0.1, 0.15) is 34.1 Å². The summed E-state index contributed by atoms with van der Waals surface area (Å²) >= 11 is 1.70. The van der Waals surface area contributed by atoms with Crippen LogP contribution in [0.5, 0.6) is 5.75 Å². The van der Waals surface area contributed by atoms with Gasteiger partial charge in [-0.2, -0.15) is 0 Å². The Hall–Kier alpha value is -3.53. The zero-order valence-corrected chi connectivity index (χ0v) is 18.3. The van der Waals surface area contributed by atoms with Crippen molar-refractivity contribution in [2.75, 3.05) is 26.7 Å². The van der Waals surface area contributed by atoms with Gasteiger partial charge in [-0.25, -0.2) is 4.98 Å². The Morgan fingerprint density at radius 1 is 1.25 bits per heavy atom. The Kier molecular flexibility index (Phi) is 6.31. The summed E-state index contributed by atoms with van der Waals surface area (Å²) in [7, 11) is 1.32. The van der Waals surface area contributed by atoms with Crippen molar-refractivity contribution in [1.29, 1.82) is 0 Å². The molecule has 0 atom stereocenters. The van der Waals surface area contributed by atoms with Gasteiger partial charge in [-0.15, -0.1) is 11.3 Å². The third-order valence-corrected chi connectivity index (χ3v) is 6.74. The number of nitrogens with one attached hydrogen (secondary N) is 1. The van der Waals surface area contributed by atoms with E-state index in [-0.39, 0.29) is 29.5 Å². The molecular formula is C22H22N4O5S. The zero-order chi connectivity index (χ0) is 22.7. The summed E-state index contributed by atoms with van der Waals surface area (Å²) in [4.78, 5) is 41.9. The fourth-order valence-corrected chi connectivity index (χ4v) is 4.92. The van der Waals surface area contributed by atoms with Crippen molar-refractivity contribution >= 4 is 39.1 Å². The van der Waals surface area contributed by atoms with Crippen LogP contribution in [-0.2, 0) is 4.79 Å². The summed E-state index contributed by atoms with van der Waals surface area (Å²) < 4.78 is 6.11. The van der Waals surface area contributed by atoms with Gasteiger partial charge in [0.1, 0.15) is 0 Å². The van der Waals surface area contributed by atoms with E-state index in [1.165, 1.54) is 23.9 Å². The molecule has 2 heterocycles. The molecule has 0 spiro atoms. The molecule has 0 saturated carbocycles. The predicted molar refractivity (Wildman–Crippen MR) is 120 cm³/mol. The number of benzene rings is 2. The quantitative estimate of drug-likeness (QED) is 0.451. The molecule has 1 saturated heterocycles. The minimum absolute atomic E-state index is 0.0682. The molecule has 3 aromatic rings. The van der Waals surface area contributed by atoms with Gasteiger partial charge in [0.2, 0.25) is 5.91 Å². The Morgan fingerprint density at radius 2 is 2.00 bits per heavy atom. The third-order valence-electron chi connectivity index (χ3n) is 5.55. The van der Waals surface area contributed by atoms with Crippen molar-refractivity contribution in [2.45, 2.75) is 18.8 Å². The van der Waals surface area contributed by atoms with Gasteiger partial charge in [0.15, 0.2) is 5.75 Å². The molecule has 2 amide bonds. The van der Waals surface area contributed by atoms with Crippen LogP contribution in [0.2, 0.25) is 0 Å². The number of piperidine rings is 1. The van der Waals surface area contributed by atoms with Crippen LogP contribution >= 0.6 is 11.3 Å². The molecule has 1 fully saturated rings. The molecule has 0 unspecified atom stereocenters. The highest BCUT2D eigenvalue weighted by molar-refractivity contribution is 7.18. The number of amides is 2. The number of likely N-dealkylation sites (tertiary alicyclic amines) is 1. The Balaban J connectivity index is 1.31. The maximum Gasteiger partial charge on any atom is 0.311 e. The van der Waals surface area contributed by atoms with E-state index in [9.17, 15) is 19.7 Å². The topological polar surface area (TPSA) is 115 Å². The molecule has 4 rings (SSSR count). The maximum atomic E-state index is 12.6. The molecule has 0 radical (unpaired) electrons. The lowest BCUT2D eigenvalue weighted by atomic mass is 9.97. The van der Waals surface area contributed by atoms with Crippen LogP contribution in [0.4, 0.5) is 5.69 Å². The molecule has 32 heavy (non-hydrogen) atoms. The Morgan fingerprint density at radius 3 is 2.69 bits per heavy atom. The fraction of sp³-hybridized carbons (Fsp3) is 0.318. The first-order chi connectivity index (χ1) is 15.5. The van der Waals surface area contributed by atoms with Gasteiger partial charge in [0, 0.05) is 30.6 Å². The van der Waals surface area contributed by atoms with Crippen LogP contribution in [0.25, 0.3) is 10.2 Å². The molecule has 1 N–H and O–H groups in total. The van der Waals surface area contributed by atoms with Crippen LogP contribution in [0.3, 0.4) is 0 Å². The number of ether oxygens (including phenoxy) is 1. The number of thiazole rings is 1. The number of carbonyl (C=O) groups excluding carboxylic acids is 2. The van der Waals surface area contributed by atoms with Crippen molar-refractivity contribution in [1.82, 2.24) is 15.2 Å². The van der Waals surface area contributed by atoms with E-state index in [0.717, 1.165) is 29.4 Å². The number of carbonyl (C=O) groups is 2. The highest BCUT2D eigenvalue weighted by Gasteiger charge is 2.26. The van der Waals surface area contributed by atoms with E-state index in [1.807, 2.05) is 18.2 Å². The van der Waals surface area contributed by atoms with Crippen molar-refractivity contribution in [3.05, 3.63) is 63.1 Å². The fourth-order valence-electron chi connectivity index (χ4n) is 3.78. The zero-order valence-electron chi connectivity index (χ0n) is 17.4. The standard InChI is InChI=1S/C22H22N4O5S/c1-31-18-7-6-15(12-17(18)26(29)30)21(28)23-13-20(27)25-10-8-14(9-11-25)22-24-16-4-2-3-5-19(16)32-22/h2-7,12,14H,8-11,13H2,1H3,(H,23,28). The normalized spacial score (nSPS) is 14.3. The molecule has 9 nitrogen and oxygen atoms in total. The molecule has 1 aromatic heterocycles. The van der Waals surface area contributed by atoms with Crippen molar-refractivity contribution in [3.63, 3.8) is 0 Å². The SMILES string of the molecule is COc1ccc(C(=O)NCC(=O)N2CCC(c3nc4ccccc4s3)CC2)cc1[N+](=O)[O-]. The summed E-state index contributed by atoms with van der Waals surface area (Å²) in [5, 5.41) is 14.8. The number of hydrogen-bond donors (Lipinski definition) is 1. The van der Waals surface area contributed by atoms with E-state index < -0.39 is 10.8 Å². The van der Waals surface area contributed by atoms with Crippen molar-refractivity contribution in [3.8, 4) is 5.75 Å². The average molecular weight is 455 g/mol. The van der Waals surface area contributed by atoms with Crippen LogP contribution in [-0.4, -0.2) is 53.4 Å². The summed E-state index contributed by atoms with van der Waals surface area (Å²) in [5.41, 5.74) is 0.802. The lowest BCUT2D eigenvalue weighted by Gasteiger charge is -2.31. The van der Waals surface area contributed by atoms with Crippen LogP contribution < -0.4 is 10.1 Å². The first-order valence-corrected chi connectivity index (χ1v) is 11.0. The van der Waals surface area contributed by atoms with E-state index in [1.54, 1.807) is 16.2 Å². The van der Waals surface area contributed by atoms with E-state index in [2.05, 4.69) is 11.4 Å². The largest absolute Gasteiger partial charge is 0.490 e. The van der Waals surface area contributed by atoms with Crippen molar-refractivity contribution in [2.24, 2.45) is 0 Å². The Labute approximate surface area is 188 Å². The monoisotopic (exact) mass is 454 g/mol. The average Bonchev–Trinajstić information content (AvgIpc) is 3.26. The first-order valence-electron chi connectivity index (χ1n) is 10.2. The first kappa shape index (κ1) is 21.7. The number of methoxy groups -OCH3 is 1. The van der Waals surface area contributed by atoms with Gasteiger partial charge in [0.05, 0.1) is 33.8 Å². The molecule has 1 aliphatic rings. The van der Waals surface area contributed by atoms with Gasteiger partial charge < -0.3 is 15.0 Å². The lowest BCUT2D eigenvalue weighted by Crippen LogP contribution is -2.43. The van der Waals surface area contributed by atoms with Gasteiger partial charge in [-0.05, 0) is 37.1 Å². The lowest BCUT2D eigenvalue weighted by molar-refractivity contribution is -0.385.